The number of rotatable bonds is 4. The maximum atomic E-state index is 11.9. The maximum absolute atomic E-state index is 11.9. The van der Waals surface area contributed by atoms with Crippen LogP contribution in [0.1, 0.15) is 25.8 Å². The Morgan fingerprint density at radius 3 is 2.60 bits per heavy atom. The molecule has 1 aromatic heterocycles. The number of nitrogens with zero attached hydrogens (tertiary/aromatic N) is 1. The van der Waals surface area contributed by atoms with E-state index in [0.717, 1.165) is 23.2 Å². The first kappa shape index (κ1) is 12.9. The lowest BCUT2D eigenvalue weighted by atomic mass is 10.1. The summed E-state index contributed by atoms with van der Waals surface area (Å²) >= 11 is 0. The quantitative estimate of drug-likeness (QED) is 0.896. The number of carbonyl (C=O) groups is 1. The van der Waals surface area contributed by atoms with Crippen molar-refractivity contribution in [1.82, 2.24) is 15.5 Å². The van der Waals surface area contributed by atoms with Crippen LogP contribution in [-0.4, -0.2) is 16.1 Å². The van der Waals surface area contributed by atoms with Crippen molar-refractivity contribution in [2.45, 2.75) is 26.8 Å². The van der Waals surface area contributed by atoms with Gasteiger partial charge in [0.1, 0.15) is 0 Å². The van der Waals surface area contributed by atoms with Gasteiger partial charge in [-0.25, -0.2) is 0 Å². The highest BCUT2D eigenvalue weighted by Crippen LogP contribution is 2.51. The molecule has 2 N–H and O–H groups in total. The summed E-state index contributed by atoms with van der Waals surface area (Å²) in [5.74, 6) is 0.361. The topological polar surface area (TPSA) is 57.8 Å². The van der Waals surface area contributed by atoms with Crippen molar-refractivity contribution >= 4 is 5.91 Å². The molecule has 20 heavy (non-hydrogen) atoms. The Hall–Kier alpha value is -2.10. The SMILES string of the molecule is CC1(C)CC1C(=O)NCc1ccc(-c2ccn[nH]2)cc1. The molecule has 1 saturated carbocycles. The molecule has 1 aliphatic carbocycles. The number of carbonyl (C=O) groups excluding carboxylic acids is 1. The second-order valence-electron chi connectivity index (χ2n) is 6.13. The summed E-state index contributed by atoms with van der Waals surface area (Å²) in [6.07, 6.45) is 2.73. The number of nitrogens with one attached hydrogen (secondary N) is 2. The van der Waals surface area contributed by atoms with E-state index in [4.69, 9.17) is 0 Å². The van der Waals surface area contributed by atoms with Crippen LogP contribution < -0.4 is 5.32 Å². The summed E-state index contributed by atoms with van der Waals surface area (Å²) in [5, 5.41) is 9.89. The molecule has 1 heterocycles. The lowest BCUT2D eigenvalue weighted by molar-refractivity contribution is -0.123. The number of benzene rings is 1. The van der Waals surface area contributed by atoms with Crippen molar-refractivity contribution in [2.24, 2.45) is 11.3 Å². The molecular formula is C16H19N3O. The highest BCUT2D eigenvalue weighted by atomic mass is 16.2. The van der Waals surface area contributed by atoms with Crippen molar-refractivity contribution in [3.63, 3.8) is 0 Å². The Morgan fingerprint density at radius 1 is 1.35 bits per heavy atom. The van der Waals surface area contributed by atoms with E-state index in [1.807, 2.05) is 30.3 Å². The second kappa shape index (κ2) is 4.78. The normalized spacial score (nSPS) is 19.6. The smallest absolute Gasteiger partial charge is 0.223 e. The summed E-state index contributed by atoms with van der Waals surface area (Å²) in [5.41, 5.74) is 3.40. The first-order valence-corrected chi connectivity index (χ1v) is 6.93. The fourth-order valence-corrected chi connectivity index (χ4v) is 2.45. The fourth-order valence-electron chi connectivity index (χ4n) is 2.45. The van der Waals surface area contributed by atoms with Gasteiger partial charge in [0, 0.05) is 18.7 Å². The molecule has 104 valence electrons. The van der Waals surface area contributed by atoms with Crippen LogP contribution in [0.15, 0.2) is 36.5 Å². The van der Waals surface area contributed by atoms with Crippen molar-refractivity contribution in [3.05, 3.63) is 42.1 Å². The molecule has 1 atom stereocenters. The zero-order valence-electron chi connectivity index (χ0n) is 11.8. The summed E-state index contributed by atoms with van der Waals surface area (Å²) in [6.45, 7) is 4.86. The summed E-state index contributed by atoms with van der Waals surface area (Å²) in [6, 6.07) is 10.1. The highest BCUT2D eigenvalue weighted by Gasteiger charge is 2.50. The Bertz CT molecular complexity index is 599. The monoisotopic (exact) mass is 269 g/mol. The number of aromatic nitrogens is 2. The number of hydrogen-bond acceptors (Lipinski definition) is 2. The van der Waals surface area contributed by atoms with Gasteiger partial charge in [-0.05, 0) is 29.0 Å². The predicted molar refractivity (Wildman–Crippen MR) is 77.8 cm³/mol. The molecule has 0 aliphatic heterocycles. The fraction of sp³-hybridized carbons (Fsp3) is 0.375. The van der Waals surface area contributed by atoms with E-state index in [-0.39, 0.29) is 17.2 Å². The van der Waals surface area contributed by atoms with E-state index >= 15 is 0 Å². The molecule has 1 aromatic carbocycles. The van der Waals surface area contributed by atoms with Crippen molar-refractivity contribution < 1.29 is 4.79 Å². The first-order chi connectivity index (χ1) is 9.56. The number of aromatic amines is 1. The third kappa shape index (κ3) is 2.59. The van der Waals surface area contributed by atoms with E-state index in [1.165, 1.54) is 0 Å². The Balaban J connectivity index is 1.58. The van der Waals surface area contributed by atoms with Crippen LogP contribution in [0, 0.1) is 11.3 Å². The average molecular weight is 269 g/mol. The molecule has 0 bridgehead atoms. The van der Waals surface area contributed by atoms with E-state index in [2.05, 4.69) is 29.4 Å². The standard InChI is InChI=1S/C16H19N3O/c1-16(2)9-13(16)15(20)17-10-11-3-5-12(6-4-11)14-7-8-18-19-14/h3-8,13H,9-10H2,1-2H3,(H,17,20)(H,18,19). The average Bonchev–Trinajstić information content (AvgIpc) is 2.87. The molecular weight excluding hydrogens is 250 g/mol. The van der Waals surface area contributed by atoms with Crippen molar-refractivity contribution in [3.8, 4) is 11.3 Å². The summed E-state index contributed by atoms with van der Waals surface area (Å²) in [7, 11) is 0. The predicted octanol–water partition coefficient (Wildman–Crippen LogP) is 2.74. The molecule has 0 radical (unpaired) electrons. The minimum atomic E-state index is 0.174. The van der Waals surface area contributed by atoms with Crippen LogP contribution in [0.4, 0.5) is 0 Å². The van der Waals surface area contributed by atoms with Crippen LogP contribution in [-0.2, 0) is 11.3 Å². The van der Waals surface area contributed by atoms with Gasteiger partial charge in [0.05, 0.1) is 5.69 Å². The molecule has 1 amide bonds. The molecule has 1 unspecified atom stereocenters. The van der Waals surface area contributed by atoms with Gasteiger partial charge in [-0.1, -0.05) is 38.1 Å². The lowest BCUT2D eigenvalue weighted by Crippen LogP contribution is -2.25. The highest BCUT2D eigenvalue weighted by molar-refractivity contribution is 5.82. The van der Waals surface area contributed by atoms with Crippen LogP contribution in [0.3, 0.4) is 0 Å². The van der Waals surface area contributed by atoms with Gasteiger partial charge in [-0.2, -0.15) is 5.10 Å². The molecule has 0 spiro atoms. The van der Waals surface area contributed by atoms with E-state index < -0.39 is 0 Å². The number of hydrogen-bond donors (Lipinski definition) is 2. The Morgan fingerprint density at radius 2 is 2.05 bits per heavy atom. The lowest BCUT2D eigenvalue weighted by Gasteiger charge is -2.07. The molecule has 1 fully saturated rings. The van der Waals surface area contributed by atoms with Gasteiger partial charge in [0.2, 0.25) is 5.91 Å². The van der Waals surface area contributed by atoms with Crippen LogP contribution >= 0.6 is 0 Å². The zero-order chi connectivity index (χ0) is 14.2. The third-order valence-electron chi connectivity index (χ3n) is 4.06. The number of amides is 1. The minimum absolute atomic E-state index is 0.174. The molecule has 0 saturated heterocycles. The second-order valence-corrected chi connectivity index (χ2v) is 6.13. The van der Waals surface area contributed by atoms with Crippen LogP contribution in [0.2, 0.25) is 0 Å². The molecule has 1 aliphatic rings. The summed E-state index contributed by atoms with van der Waals surface area (Å²) in [4.78, 5) is 11.9. The Kier molecular flexibility index (Phi) is 3.08. The molecule has 4 heteroatoms. The van der Waals surface area contributed by atoms with E-state index in [9.17, 15) is 4.79 Å². The zero-order valence-corrected chi connectivity index (χ0v) is 11.8. The largest absolute Gasteiger partial charge is 0.352 e. The molecule has 4 nitrogen and oxygen atoms in total. The minimum Gasteiger partial charge on any atom is -0.352 e. The van der Waals surface area contributed by atoms with E-state index in [0.29, 0.717) is 6.54 Å². The van der Waals surface area contributed by atoms with Gasteiger partial charge < -0.3 is 5.32 Å². The van der Waals surface area contributed by atoms with Crippen molar-refractivity contribution in [1.29, 1.82) is 0 Å². The van der Waals surface area contributed by atoms with Crippen LogP contribution in [0.25, 0.3) is 11.3 Å². The van der Waals surface area contributed by atoms with Crippen LogP contribution in [0.5, 0.6) is 0 Å². The first-order valence-electron chi connectivity index (χ1n) is 6.93. The Labute approximate surface area is 118 Å². The van der Waals surface area contributed by atoms with Gasteiger partial charge in [0.25, 0.3) is 0 Å². The number of H-pyrrole nitrogens is 1. The van der Waals surface area contributed by atoms with Gasteiger partial charge in [-0.15, -0.1) is 0 Å². The van der Waals surface area contributed by atoms with Gasteiger partial charge in [0.15, 0.2) is 0 Å². The third-order valence-corrected chi connectivity index (χ3v) is 4.06. The van der Waals surface area contributed by atoms with Crippen molar-refractivity contribution in [2.75, 3.05) is 0 Å². The summed E-state index contributed by atoms with van der Waals surface area (Å²) < 4.78 is 0. The van der Waals surface area contributed by atoms with Gasteiger partial charge >= 0.3 is 0 Å². The molecule has 3 rings (SSSR count). The van der Waals surface area contributed by atoms with Gasteiger partial charge in [-0.3, -0.25) is 9.89 Å². The molecule has 2 aromatic rings. The maximum Gasteiger partial charge on any atom is 0.223 e. The van der Waals surface area contributed by atoms with E-state index in [1.54, 1.807) is 6.20 Å².